The van der Waals surface area contributed by atoms with Gasteiger partial charge in [0.1, 0.15) is 0 Å². The normalized spacial score (nSPS) is 10.7. The molecule has 0 saturated heterocycles. The third-order valence-corrected chi connectivity index (χ3v) is 3.80. The predicted molar refractivity (Wildman–Crippen MR) is 85.1 cm³/mol. The van der Waals surface area contributed by atoms with Crippen molar-refractivity contribution in [2.75, 3.05) is 0 Å². The van der Waals surface area contributed by atoms with Gasteiger partial charge in [0, 0.05) is 12.8 Å². The maximum Gasteiger partial charge on any atom is 0.303 e. The third-order valence-electron chi connectivity index (χ3n) is 3.80. The molecule has 0 aromatic heterocycles. The molecule has 4 heteroatoms. The van der Waals surface area contributed by atoms with E-state index in [0.717, 1.165) is 29.2 Å². The Balaban J connectivity index is 2.16. The molecule has 0 unspecified atom stereocenters. The molecular formula is C18H20O4. The van der Waals surface area contributed by atoms with E-state index in [4.69, 9.17) is 10.2 Å². The van der Waals surface area contributed by atoms with Crippen molar-refractivity contribution < 1.29 is 19.8 Å². The molecule has 0 bridgehead atoms. The number of unbranched alkanes of at least 4 members (excludes halogenated alkanes) is 1. The van der Waals surface area contributed by atoms with Crippen LogP contribution in [-0.4, -0.2) is 22.2 Å². The topological polar surface area (TPSA) is 74.6 Å². The zero-order valence-corrected chi connectivity index (χ0v) is 12.4. The van der Waals surface area contributed by atoms with Crippen LogP contribution in [0.15, 0.2) is 36.4 Å². The summed E-state index contributed by atoms with van der Waals surface area (Å²) in [5.74, 6) is -1.55. The van der Waals surface area contributed by atoms with E-state index in [1.54, 1.807) is 0 Å². The van der Waals surface area contributed by atoms with Gasteiger partial charge in [-0.15, -0.1) is 0 Å². The molecule has 0 spiro atoms. The second-order valence-corrected chi connectivity index (χ2v) is 5.42. The number of carboxylic acids is 2. The minimum atomic E-state index is -0.790. The van der Waals surface area contributed by atoms with Gasteiger partial charge in [-0.2, -0.15) is 0 Å². The highest BCUT2D eigenvalue weighted by Gasteiger charge is 2.08. The number of carboxylic acid groups (broad SMARTS) is 2. The molecule has 2 aromatic rings. The summed E-state index contributed by atoms with van der Waals surface area (Å²) < 4.78 is 0. The summed E-state index contributed by atoms with van der Waals surface area (Å²) in [6, 6.07) is 12.0. The van der Waals surface area contributed by atoms with Gasteiger partial charge in [-0.05, 0) is 47.6 Å². The van der Waals surface area contributed by atoms with Crippen LogP contribution in [0.1, 0.15) is 36.8 Å². The minimum Gasteiger partial charge on any atom is -0.481 e. The monoisotopic (exact) mass is 300 g/mol. The zero-order chi connectivity index (χ0) is 15.9. The number of benzene rings is 2. The van der Waals surface area contributed by atoms with E-state index in [-0.39, 0.29) is 12.8 Å². The number of rotatable bonds is 8. The molecule has 0 radical (unpaired) electrons. The quantitative estimate of drug-likeness (QED) is 0.730. The van der Waals surface area contributed by atoms with Gasteiger partial charge in [0.25, 0.3) is 0 Å². The van der Waals surface area contributed by atoms with Crippen molar-refractivity contribution in [1.82, 2.24) is 0 Å². The van der Waals surface area contributed by atoms with Crippen LogP contribution >= 0.6 is 0 Å². The van der Waals surface area contributed by atoms with Gasteiger partial charge in [0.05, 0.1) is 0 Å². The van der Waals surface area contributed by atoms with Gasteiger partial charge < -0.3 is 10.2 Å². The summed E-state index contributed by atoms with van der Waals surface area (Å²) in [7, 11) is 0. The van der Waals surface area contributed by atoms with Gasteiger partial charge in [0.2, 0.25) is 0 Å². The Kier molecular flexibility index (Phi) is 5.53. The lowest BCUT2D eigenvalue weighted by molar-refractivity contribution is -0.138. The molecule has 0 atom stereocenters. The average molecular weight is 300 g/mol. The number of aliphatic carboxylic acids is 2. The van der Waals surface area contributed by atoms with Crippen LogP contribution in [0.4, 0.5) is 0 Å². The Bertz CT molecular complexity index is 676. The lowest BCUT2D eigenvalue weighted by Gasteiger charge is -2.11. The van der Waals surface area contributed by atoms with Crippen LogP contribution in [0.25, 0.3) is 10.8 Å². The highest BCUT2D eigenvalue weighted by atomic mass is 16.4. The smallest absolute Gasteiger partial charge is 0.303 e. The van der Waals surface area contributed by atoms with Gasteiger partial charge in [-0.3, -0.25) is 9.59 Å². The molecule has 0 aliphatic heterocycles. The fourth-order valence-corrected chi connectivity index (χ4v) is 2.69. The number of fused-ring (bicyclic) bond motifs is 1. The largest absolute Gasteiger partial charge is 0.481 e. The third kappa shape index (κ3) is 4.32. The van der Waals surface area contributed by atoms with Crippen LogP contribution in [0, 0.1) is 0 Å². The van der Waals surface area contributed by atoms with Crippen LogP contribution in [-0.2, 0) is 22.4 Å². The number of hydrogen-bond acceptors (Lipinski definition) is 2. The molecule has 0 heterocycles. The highest BCUT2D eigenvalue weighted by Crippen LogP contribution is 2.25. The zero-order valence-electron chi connectivity index (χ0n) is 12.4. The summed E-state index contributed by atoms with van der Waals surface area (Å²) in [5.41, 5.74) is 2.24. The van der Waals surface area contributed by atoms with E-state index in [1.165, 1.54) is 5.56 Å². The first-order valence-electron chi connectivity index (χ1n) is 7.51. The van der Waals surface area contributed by atoms with E-state index >= 15 is 0 Å². The molecule has 0 amide bonds. The van der Waals surface area contributed by atoms with Crippen molar-refractivity contribution in [1.29, 1.82) is 0 Å². The first-order valence-corrected chi connectivity index (χ1v) is 7.51. The number of carbonyl (C=O) groups is 2. The standard InChI is InChI=1S/C18H20O4/c19-17(20)8-4-1-5-13-9-10-14(11-12-18(21)22)16-7-3-2-6-15(13)16/h2-3,6-7,9-10H,1,4-5,8,11-12H2,(H,19,20)(H,21,22). The first kappa shape index (κ1) is 16.0. The first-order chi connectivity index (χ1) is 10.6. The van der Waals surface area contributed by atoms with Crippen molar-refractivity contribution in [2.45, 2.75) is 38.5 Å². The summed E-state index contributed by atoms with van der Waals surface area (Å²) in [5, 5.41) is 19.8. The van der Waals surface area contributed by atoms with Crippen molar-refractivity contribution in [3.63, 3.8) is 0 Å². The summed E-state index contributed by atoms with van der Waals surface area (Å²) in [4.78, 5) is 21.3. The Morgan fingerprint density at radius 1 is 0.727 bits per heavy atom. The molecular weight excluding hydrogens is 280 g/mol. The molecule has 2 rings (SSSR count). The Hall–Kier alpha value is -2.36. The van der Waals surface area contributed by atoms with Crippen molar-refractivity contribution in [3.05, 3.63) is 47.5 Å². The molecule has 22 heavy (non-hydrogen) atoms. The SMILES string of the molecule is O=C(O)CCCCc1ccc(CCC(=O)O)c2ccccc12. The van der Waals surface area contributed by atoms with E-state index < -0.39 is 11.9 Å². The second kappa shape index (κ2) is 7.59. The van der Waals surface area contributed by atoms with E-state index in [1.807, 2.05) is 36.4 Å². The minimum absolute atomic E-state index is 0.127. The maximum absolute atomic E-state index is 10.8. The molecule has 2 N–H and O–H groups in total. The van der Waals surface area contributed by atoms with E-state index in [9.17, 15) is 9.59 Å². The molecule has 0 saturated carbocycles. The van der Waals surface area contributed by atoms with Crippen molar-refractivity contribution in [2.24, 2.45) is 0 Å². The summed E-state index contributed by atoms with van der Waals surface area (Å²) >= 11 is 0. The number of aryl methyl sites for hydroxylation is 2. The molecule has 116 valence electrons. The van der Waals surface area contributed by atoms with Crippen molar-refractivity contribution >= 4 is 22.7 Å². The van der Waals surface area contributed by atoms with Gasteiger partial charge in [-0.1, -0.05) is 36.4 Å². The Morgan fingerprint density at radius 2 is 1.27 bits per heavy atom. The van der Waals surface area contributed by atoms with E-state index in [0.29, 0.717) is 12.8 Å². The van der Waals surface area contributed by atoms with Crippen molar-refractivity contribution in [3.8, 4) is 0 Å². The van der Waals surface area contributed by atoms with Gasteiger partial charge >= 0.3 is 11.9 Å². The lowest BCUT2D eigenvalue weighted by Crippen LogP contribution is -1.99. The highest BCUT2D eigenvalue weighted by molar-refractivity contribution is 5.89. The summed E-state index contributed by atoms with van der Waals surface area (Å²) in [6.07, 6.45) is 3.20. The fraction of sp³-hybridized carbons (Fsp3) is 0.333. The molecule has 2 aromatic carbocycles. The fourth-order valence-electron chi connectivity index (χ4n) is 2.69. The van der Waals surface area contributed by atoms with Gasteiger partial charge in [-0.25, -0.2) is 0 Å². The van der Waals surface area contributed by atoms with Crippen LogP contribution in [0.3, 0.4) is 0 Å². The molecule has 0 fully saturated rings. The summed E-state index contributed by atoms with van der Waals surface area (Å²) in [6.45, 7) is 0. The van der Waals surface area contributed by atoms with Crippen LogP contribution in [0.5, 0.6) is 0 Å². The number of hydrogen-bond donors (Lipinski definition) is 2. The van der Waals surface area contributed by atoms with E-state index in [2.05, 4.69) is 0 Å². The molecule has 0 aliphatic carbocycles. The maximum atomic E-state index is 10.8. The molecule has 0 aliphatic rings. The average Bonchev–Trinajstić information content (AvgIpc) is 2.49. The predicted octanol–water partition coefficient (Wildman–Crippen LogP) is 3.65. The van der Waals surface area contributed by atoms with Gasteiger partial charge in [0.15, 0.2) is 0 Å². The van der Waals surface area contributed by atoms with Crippen LogP contribution in [0.2, 0.25) is 0 Å². The Labute approximate surface area is 129 Å². The lowest BCUT2D eigenvalue weighted by atomic mass is 9.94. The second-order valence-electron chi connectivity index (χ2n) is 5.42. The molecule has 4 nitrogen and oxygen atoms in total. The van der Waals surface area contributed by atoms with Crippen LogP contribution < -0.4 is 0 Å². The Morgan fingerprint density at radius 3 is 1.82 bits per heavy atom.